The van der Waals surface area contributed by atoms with E-state index in [1.54, 1.807) is 24.3 Å². The first-order valence-electron chi connectivity index (χ1n) is 10.5. The lowest BCUT2D eigenvalue weighted by atomic mass is 10.2. The molecule has 0 saturated carbocycles. The van der Waals surface area contributed by atoms with E-state index in [4.69, 9.17) is 9.15 Å². The fraction of sp³-hybridized carbons (Fsp3) is 0.348. The summed E-state index contributed by atoms with van der Waals surface area (Å²) < 4.78 is 39.6. The van der Waals surface area contributed by atoms with Crippen LogP contribution in [0.2, 0.25) is 0 Å². The second-order valence-corrected chi connectivity index (χ2v) is 10.2. The molecule has 4 rings (SSSR count). The molecule has 1 aliphatic heterocycles. The van der Waals surface area contributed by atoms with Crippen molar-refractivity contribution in [2.75, 3.05) is 24.6 Å². The predicted molar refractivity (Wildman–Crippen MR) is 123 cm³/mol. The molecule has 0 atom stereocenters. The SMILES string of the molecule is CCOc1ccc(S(=O)(=O)c2nc(-c3ccc(Br)cc3)oc2N2CCCCCC2)cc1. The van der Waals surface area contributed by atoms with E-state index < -0.39 is 9.84 Å². The van der Waals surface area contributed by atoms with E-state index in [1.807, 2.05) is 36.1 Å². The average Bonchev–Trinajstić information content (AvgIpc) is 3.05. The average molecular weight is 505 g/mol. The number of oxazole rings is 1. The van der Waals surface area contributed by atoms with Crippen LogP contribution in [0.1, 0.15) is 32.6 Å². The van der Waals surface area contributed by atoms with E-state index in [1.165, 1.54) is 0 Å². The van der Waals surface area contributed by atoms with Crippen LogP contribution in [0.5, 0.6) is 5.75 Å². The lowest BCUT2D eigenvalue weighted by molar-refractivity contribution is 0.340. The molecule has 0 bridgehead atoms. The zero-order valence-electron chi connectivity index (χ0n) is 17.4. The highest BCUT2D eigenvalue weighted by Crippen LogP contribution is 2.36. The van der Waals surface area contributed by atoms with Crippen molar-refractivity contribution in [2.45, 2.75) is 42.5 Å². The van der Waals surface area contributed by atoms with Gasteiger partial charge in [-0.25, -0.2) is 8.42 Å². The van der Waals surface area contributed by atoms with Crippen LogP contribution in [-0.2, 0) is 9.84 Å². The van der Waals surface area contributed by atoms with Gasteiger partial charge in [-0.2, -0.15) is 4.98 Å². The van der Waals surface area contributed by atoms with Crippen LogP contribution in [0, 0.1) is 0 Å². The van der Waals surface area contributed by atoms with E-state index in [0.29, 0.717) is 24.1 Å². The Kier molecular flexibility index (Phi) is 6.67. The van der Waals surface area contributed by atoms with Crippen LogP contribution in [-0.4, -0.2) is 33.1 Å². The molecule has 164 valence electrons. The van der Waals surface area contributed by atoms with Crippen LogP contribution >= 0.6 is 15.9 Å². The number of benzene rings is 2. The quantitative estimate of drug-likeness (QED) is 0.427. The maximum Gasteiger partial charge on any atom is 0.236 e. The number of hydrogen-bond donors (Lipinski definition) is 0. The summed E-state index contributed by atoms with van der Waals surface area (Å²) in [5.41, 5.74) is 0.729. The zero-order valence-corrected chi connectivity index (χ0v) is 19.8. The first-order valence-corrected chi connectivity index (χ1v) is 12.8. The van der Waals surface area contributed by atoms with E-state index >= 15 is 0 Å². The Morgan fingerprint density at radius 3 is 2.26 bits per heavy atom. The third kappa shape index (κ3) is 4.80. The molecular weight excluding hydrogens is 480 g/mol. The van der Waals surface area contributed by atoms with Crippen molar-refractivity contribution < 1.29 is 17.6 Å². The summed E-state index contributed by atoms with van der Waals surface area (Å²) in [5.74, 6) is 1.26. The number of ether oxygens (including phenoxy) is 1. The number of hydrogen-bond acceptors (Lipinski definition) is 6. The van der Waals surface area contributed by atoms with Crippen molar-refractivity contribution in [3.05, 3.63) is 53.0 Å². The van der Waals surface area contributed by atoms with Gasteiger partial charge in [0.05, 0.1) is 11.5 Å². The molecule has 0 aliphatic carbocycles. The minimum atomic E-state index is -3.87. The smallest absolute Gasteiger partial charge is 0.236 e. The van der Waals surface area contributed by atoms with Crippen LogP contribution in [0.3, 0.4) is 0 Å². The molecule has 6 nitrogen and oxygen atoms in total. The zero-order chi connectivity index (χ0) is 21.8. The minimum Gasteiger partial charge on any atom is -0.494 e. The first kappa shape index (κ1) is 21.9. The van der Waals surface area contributed by atoms with Crippen LogP contribution < -0.4 is 9.64 Å². The molecule has 1 saturated heterocycles. The third-order valence-corrected chi connectivity index (χ3v) is 7.46. The summed E-state index contributed by atoms with van der Waals surface area (Å²) in [6.07, 6.45) is 4.25. The maximum atomic E-state index is 13.6. The number of halogens is 1. The monoisotopic (exact) mass is 504 g/mol. The Morgan fingerprint density at radius 1 is 1.00 bits per heavy atom. The number of sulfone groups is 1. The van der Waals surface area contributed by atoms with Gasteiger partial charge < -0.3 is 14.1 Å². The number of anilines is 1. The highest BCUT2D eigenvalue weighted by atomic mass is 79.9. The van der Waals surface area contributed by atoms with Crippen LogP contribution in [0.25, 0.3) is 11.5 Å². The molecule has 8 heteroatoms. The molecule has 0 spiro atoms. The topological polar surface area (TPSA) is 72.6 Å². The Balaban J connectivity index is 1.79. The maximum absolute atomic E-state index is 13.6. The number of rotatable bonds is 6. The van der Waals surface area contributed by atoms with Gasteiger partial charge in [0.1, 0.15) is 5.75 Å². The van der Waals surface area contributed by atoms with Crippen LogP contribution in [0.15, 0.2) is 67.3 Å². The lowest BCUT2D eigenvalue weighted by Crippen LogP contribution is -2.25. The first-order chi connectivity index (χ1) is 15.0. The van der Waals surface area contributed by atoms with Gasteiger partial charge in [0.25, 0.3) is 0 Å². The highest BCUT2D eigenvalue weighted by molar-refractivity contribution is 9.10. The molecule has 2 aromatic carbocycles. The second-order valence-electron chi connectivity index (χ2n) is 7.45. The molecule has 0 unspecified atom stereocenters. The van der Waals surface area contributed by atoms with E-state index in [0.717, 1.165) is 48.8 Å². The van der Waals surface area contributed by atoms with Crippen molar-refractivity contribution >= 4 is 31.7 Å². The third-order valence-electron chi connectivity index (χ3n) is 5.26. The Morgan fingerprint density at radius 2 is 1.65 bits per heavy atom. The van der Waals surface area contributed by atoms with Gasteiger partial charge in [0.2, 0.25) is 26.6 Å². The van der Waals surface area contributed by atoms with Crippen LogP contribution in [0.4, 0.5) is 5.88 Å². The van der Waals surface area contributed by atoms with Crippen molar-refractivity contribution in [1.82, 2.24) is 4.98 Å². The Hall–Kier alpha value is -2.32. The molecule has 0 N–H and O–H groups in total. The molecule has 31 heavy (non-hydrogen) atoms. The van der Waals surface area contributed by atoms with Gasteiger partial charge in [0, 0.05) is 23.1 Å². The van der Waals surface area contributed by atoms with Gasteiger partial charge in [-0.1, -0.05) is 28.8 Å². The number of nitrogens with zero attached hydrogens (tertiary/aromatic N) is 2. The standard InChI is InChI=1S/C23H25BrN2O4S/c1-2-29-19-11-13-20(14-12-19)31(27,28)22-23(26-15-5-3-4-6-16-26)30-21(25-22)17-7-9-18(24)10-8-17/h7-14H,2-6,15-16H2,1H3. The summed E-state index contributed by atoms with van der Waals surface area (Å²) >= 11 is 3.42. The molecule has 1 aliphatic rings. The lowest BCUT2D eigenvalue weighted by Gasteiger charge is -2.20. The molecule has 3 aromatic rings. The Bertz CT molecular complexity index is 1120. The van der Waals surface area contributed by atoms with Crippen molar-refractivity contribution in [3.63, 3.8) is 0 Å². The summed E-state index contributed by atoms with van der Waals surface area (Å²) in [5, 5.41) is -0.0310. The van der Waals surface area contributed by atoms with Crippen molar-refractivity contribution in [2.24, 2.45) is 0 Å². The van der Waals surface area contributed by atoms with Crippen molar-refractivity contribution in [1.29, 1.82) is 0 Å². The normalized spacial score (nSPS) is 15.0. The Labute approximate surface area is 191 Å². The summed E-state index contributed by atoms with van der Waals surface area (Å²) in [4.78, 5) is 6.67. The van der Waals surface area contributed by atoms with E-state index in [-0.39, 0.29) is 9.92 Å². The minimum absolute atomic E-state index is 0.0310. The van der Waals surface area contributed by atoms with Gasteiger partial charge in [0.15, 0.2) is 0 Å². The fourth-order valence-corrected chi connectivity index (χ4v) is 5.24. The fourth-order valence-electron chi connectivity index (χ4n) is 3.66. The van der Waals surface area contributed by atoms with Crippen molar-refractivity contribution in [3.8, 4) is 17.2 Å². The molecule has 2 heterocycles. The van der Waals surface area contributed by atoms with Gasteiger partial charge in [-0.15, -0.1) is 0 Å². The molecule has 1 fully saturated rings. The van der Waals surface area contributed by atoms with Gasteiger partial charge in [-0.05, 0) is 68.3 Å². The van der Waals surface area contributed by atoms with E-state index in [9.17, 15) is 8.42 Å². The summed E-state index contributed by atoms with van der Waals surface area (Å²) in [7, 11) is -3.87. The van der Waals surface area contributed by atoms with Gasteiger partial charge in [-0.3, -0.25) is 0 Å². The highest BCUT2D eigenvalue weighted by Gasteiger charge is 2.31. The largest absolute Gasteiger partial charge is 0.494 e. The van der Waals surface area contributed by atoms with E-state index in [2.05, 4.69) is 20.9 Å². The second kappa shape index (κ2) is 9.44. The molecule has 1 aromatic heterocycles. The molecule has 0 radical (unpaired) electrons. The molecule has 0 amide bonds. The summed E-state index contributed by atoms with van der Waals surface area (Å²) in [6, 6.07) is 13.9. The van der Waals surface area contributed by atoms with Gasteiger partial charge >= 0.3 is 0 Å². The molecular formula is C23H25BrN2O4S. The number of aromatic nitrogens is 1. The summed E-state index contributed by atoms with van der Waals surface area (Å²) in [6.45, 7) is 3.91. The predicted octanol–water partition coefficient (Wildman–Crippen LogP) is 5.72.